The summed E-state index contributed by atoms with van der Waals surface area (Å²) in [5.74, 6) is -1.58. The molecule has 0 fully saturated rings. The second kappa shape index (κ2) is 4.16. The number of carbonyl (C=O) groups is 1. The molecule has 0 saturated carbocycles. The van der Waals surface area contributed by atoms with Crippen LogP contribution in [0.4, 0.5) is 0 Å². The number of hydrogen-bond acceptors (Lipinski definition) is 5. The zero-order valence-corrected chi connectivity index (χ0v) is 9.40. The maximum atomic E-state index is 10.3. The van der Waals surface area contributed by atoms with E-state index in [1.165, 1.54) is 0 Å². The third kappa shape index (κ3) is 2.68. The van der Waals surface area contributed by atoms with Gasteiger partial charge in [0.2, 0.25) is 6.10 Å². The second-order valence-electron chi connectivity index (χ2n) is 2.19. The van der Waals surface area contributed by atoms with E-state index in [1.807, 2.05) is 0 Å². The standard InChI is InChI=1S/C5H3Cl3N2O3S/c6-5(7,8)4-9-2(14-10-4)1(11)3(12)13/h1,11H,(H,12,13). The highest BCUT2D eigenvalue weighted by Crippen LogP contribution is 2.37. The molecule has 0 aliphatic rings. The van der Waals surface area contributed by atoms with Gasteiger partial charge in [-0.25, -0.2) is 9.78 Å². The first-order valence-electron chi connectivity index (χ1n) is 3.14. The molecule has 0 aliphatic heterocycles. The predicted octanol–water partition coefficient (Wildman–Crippen LogP) is 1.48. The van der Waals surface area contributed by atoms with Crippen LogP contribution in [0.2, 0.25) is 0 Å². The van der Waals surface area contributed by atoms with Gasteiger partial charge in [0.1, 0.15) is 0 Å². The lowest BCUT2D eigenvalue weighted by Gasteiger charge is -2.03. The number of rotatable bonds is 2. The van der Waals surface area contributed by atoms with Crippen LogP contribution in [-0.2, 0) is 8.59 Å². The van der Waals surface area contributed by atoms with Crippen molar-refractivity contribution in [2.24, 2.45) is 0 Å². The molecule has 1 unspecified atom stereocenters. The Bertz CT molecular complexity index is 350. The predicted molar refractivity (Wildman–Crippen MR) is 51.7 cm³/mol. The van der Waals surface area contributed by atoms with Crippen LogP contribution in [0.3, 0.4) is 0 Å². The van der Waals surface area contributed by atoms with Crippen LogP contribution in [-0.4, -0.2) is 25.5 Å². The quantitative estimate of drug-likeness (QED) is 0.800. The Morgan fingerprint density at radius 3 is 2.43 bits per heavy atom. The monoisotopic (exact) mass is 276 g/mol. The zero-order valence-electron chi connectivity index (χ0n) is 6.32. The van der Waals surface area contributed by atoms with Gasteiger partial charge in [0, 0.05) is 0 Å². The van der Waals surface area contributed by atoms with Gasteiger partial charge in [0.25, 0.3) is 3.79 Å². The molecule has 2 N–H and O–H groups in total. The lowest BCUT2D eigenvalue weighted by Crippen LogP contribution is -2.11. The Labute approximate surface area is 97.4 Å². The Morgan fingerprint density at radius 1 is 1.50 bits per heavy atom. The van der Waals surface area contributed by atoms with E-state index in [0.29, 0.717) is 11.5 Å². The van der Waals surface area contributed by atoms with Crippen molar-refractivity contribution in [2.75, 3.05) is 0 Å². The Morgan fingerprint density at radius 2 is 2.07 bits per heavy atom. The number of carboxylic acids is 1. The first kappa shape index (κ1) is 11.9. The highest BCUT2D eigenvalue weighted by atomic mass is 35.6. The molecule has 9 heteroatoms. The van der Waals surface area contributed by atoms with Crippen LogP contribution in [0.5, 0.6) is 0 Å². The van der Waals surface area contributed by atoms with Crippen molar-refractivity contribution < 1.29 is 15.0 Å². The summed E-state index contributed by atoms with van der Waals surface area (Å²) in [5.41, 5.74) is 0. The highest BCUT2D eigenvalue weighted by molar-refractivity contribution is 7.05. The molecule has 78 valence electrons. The SMILES string of the molecule is O=C(O)C(O)c1nc(C(Cl)(Cl)Cl)ns1. The third-order valence-electron chi connectivity index (χ3n) is 1.16. The van der Waals surface area contributed by atoms with Gasteiger partial charge in [-0.05, 0) is 11.5 Å². The van der Waals surface area contributed by atoms with Crippen molar-refractivity contribution >= 4 is 52.3 Å². The second-order valence-corrected chi connectivity index (χ2v) is 5.26. The van der Waals surface area contributed by atoms with Crippen molar-refractivity contribution in [2.45, 2.75) is 9.90 Å². The minimum absolute atomic E-state index is 0.126. The summed E-state index contributed by atoms with van der Waals surface area (Å²) >= 11 is 17.0. The van der Waals surface area contributed by atoms with Crippen molar-refractivity contribution in [3.63, 3.8) is 0 Å². The maximum absolute atomic E-state index is 10.3. The van der Waals surface area contributed by atoms with Gasteiger partial charge in [-0.1, -0.05) is 34.8 Å². The van der Waals surface area contributed by atoms with Gasteiger partial charge in [-0.3, -0.25) is 0 Å². The number of hydrogen-bond donors (Lipinski definition) is 2. The van der Waals surface area contributed by atoms with Gasteiger partial charge in [-0.15, -0.1) is 0 Å². The molecular formula is C5H3Cl3N2O3S. The van der Waals surface area contributed by atoms with Crippen LogP contribution in [0, 0.1) is 0 Å². The molecular weight excluding hydrogens is 274 g/mol. The average Bonchev–Trinajstić information content (AvgIpc) is 2.49. The molecule has 1 aromatic heterocycles. The van der Waals surface area contributed by atoms with E-state index in [-0.39, 0.29) is 10.8 Å². The van der Waals surface area contributed by atoms with Crippen molar-refractivity contribution in [1.29, 1.82) is 0 Å². The molecule has 5 nitrogen and oxygen atoms in total. The lowest BCUT2D eigenvalue weighted by molar-refractivity contribution is -0.146. The van der Waals surface area contributed by atoms with Gasteiger partial charge in [0.05, 0.1) is 0 Å². The van der Waals surface area contributed by atoms with Crippen molar-refractivity contribution in [1.82, 2.24) is 9.36 Å². The van der Waals surface area contributed by atoms with Crippen LogP contribution in [0.15, 0.2) is 0 Å². The number of halogens is 3. The summed E-state index contributed by atoms with van der Waals surface area (Å²) < 4.78 is 1.79. The average molecular weight is 278 g/mol. The Kier molecular flexibility index (Phi) is 3.54. The molecule has 1 rings (SSSR count). The summed E-state index contributed by atoms with van der Waals surface area (Å²) in [7, 11) is 0. The number of carboxylic acid groups (broad SMARTS) is 1. The van der Waals surface area contributed by atoms with E-state index >= 15 is 0 Å². The minimum Gasteiger partial charge on any atom is -0.479 e. The van der Waals surface area contributed by atoms with Crippen molar-refractivity contribution in [3.8, 4) is 0 Å². The number of nitrogens with zero attached hydrogens (tertiary/aromatic N) is 2. The van der Waals surface area contributed by atoms with E-state index in [1.54, 1.807) is 0 Å². The molecule has 1 heterocycles. The molecule has 1 aromatic rings. The van der Waals surface area contributed by atoms with Gasteiger partial charge in [-0.2, -0.15) is 4.37 Å². The van der Waals surface area contributed by atoms with Crippen LogP contribution in [0.25, 0.3) is 0 Å². The summed E-state index contributed by atoms with van der Waals surface area (Å²) in [5, 5.41) is 17.4. The molecule has 0 amide bonds. The molecule has 0 aromatic carbocycles. The van der Waals surface area contributed by atoms with Crippen LogP contribution >= 0.6 is 46.3 Å². The Hall–Kier alpha value is -0.140. The number of aliphatic hydroxyl groups is 1. The first-order valence-corrected chi connectivity index (χ1v) is 5.05. The largest absolute Gasteiger partial charge is 0.479 e. The minimum atomic E-state index is -1.81. The van der Waals surface area contributed by atoms with Crippen LogP contribution in [0.1, 0.15) is 16.9 Å². The smallest absolute Gasteiger partial charge is 0.339 e. The Balaban J connectivity index is 2.94. The third-order valence-corrected chi connectivity index (χ3v) is 2.44. The summed E-state index contributed by atoms with van der Waals surface area (Å²) in [4.78, 5) is 13.9. The zero-order chi connectivity index (χ0) is 10.9. The molecule has 14 heavy (non-hydrogen) atoms. The summed E-state index contributed by atoms with van der Waals surface area (Å²) in [6.07, 6.45) is -1.74. The van der Waals surface area contributed by atoms with Gasteiger partial charge < -0.3 is 10.2 Å². The molecule has 0 aliphatic carbocycles. The van der Waals surface area contributed by atoms with E-state index in [0.717, 1.165) is 0 Å². The molecule has 0 radical (unpaired) electrons. The number of aliphatic hydroxyl groups excluding tert-OH is 1. The fourth-order valence-electron chi connectivity index (χ4n) is 0.567. The number of alkyl halides is 3. The molecule has 1 atom stereocenters. The number of aliphatic carboxylic acids is 1. The van der Waals surface area contributed by atoms with E-state index < -0.39 is 15.9 Å². The summed E-state index contributed by atoms with van der Waals surface area (Å²) in [6.45, 7) is 0. The molecule has 0 spiro atoms. The van der Waals surface area contributed by atoms with Crippen LogP contribution < -0.4 is 0 Å². The van der Waals surface area contributed by atoms with Crippen molar-refractivity contribution in [3.05, 3.63) is 10.8 Å². The van der Waals surface area contributed by atoms with E-state index in [4.69, 9.17) is 45.0 Å². The lowest BCUT2D eigenvalue weighted by atomic mass is 10.4. The fourth-order valence-corrected chi connectivity index (χ4v) is 1.66. The molecule has 0 bridgehead atoms. The first-order chi connectivity index (χ1) is 6.32. The molecule has 0 saturated heterocycles. The van der Waals surface area contributed by atoms with Gasteiger partial charge in [0.15, 0.2) is 10.8 Å². The maximum Gasteiger partial charge on any atom is 0.339 e. The summed E-state index contributed by atoms with van der Waals surface area (Å²) in [6, 6.07) is 0. The normalized spacial score (nSPS) is 14.0. The fraction of sp³-hybridized carbons (Fsp3) is 0.400. The van der Waals surface area contributed by atoms with E-state index in [9.17, 15) is 4.79 Å². The topological polar surface area (TPSA) is 83.3 Å². The highest BCUT2D eigenvalue weighted by Gasteiger charge is 2.30. The van der Waals surface area contributed by atoms with Gasteiger partial charge >= 0.3 is 5.97 Å². The van der Waals surface area contributed by atoms with E-state index in [2.05, 4.69) is 9.36 Å². The number of aromatic nitrogens is 2.